The lowest BCUT2D eigenvalue weighted by atomic mass is 10.6. The van der Waals surface area contributed by atoms with Gasteiger partial charge in [-0.05, 0) is 24.9 Å². The third-order valence-corrected chi connectivity index (χ3v) is 1.57. The van der Waals surface area contributed by atoms with Gasteiger partial charge in [-0.1, -0.05) is 0 Å². The maximum Gasteiger partial charge on any atom is 0.101 e. The molecule has 0 N–H and O–H groups in total. The number of rotatable bonds is 1. The van der Waals surface area contributed by atoms with Crippen molar-refractivity contribution in [3.8, 4) is 0 Å². The smallest absolute Gasteiger partial charge is 0.101 e. The van der Waals surface area contributed by atoms with Gasteiger partial charge in [0.25, 0.3) is 0 Å². The highest BCUT2D eigenvalue weighted by atomic mass is 35.5. The fourth-order valence-corrected chi connectivity index (χ4v) is 0. The normalized spacial score (nSPS) is 16.6. The minimum absolute atomic E-state index is 1.11. The lowest BCUT2D eigenvalue weighted by Crippen LogP contribution is -2.16. The summed E-state index contributed by atoms with van der Waals surface area (Å²) in [5, 5.41) is 0. The summed E-state index contributed by atoms with van der Waals surface area (Å²) in [5.74, 6) is 0. The Morgan fingerprint density at radius 2 is 1.86 bits per heavy atom. The fraction of sp³-hybridized carbons (Fsp3) is 1.00. The average molecular weight is 142 g/mol. The Labute approximate surface area is 50.1 Å². The molecule has 44 valence electrons. The van der Waals surface area contributed by atoms with Crippen LogP contribution in [0.3, 0.4) is 0 Å². The van der Waals surface area contributed by atoms with Gasteiger partial charge < -0.3 is 4.55 Å². The van der Waals surface area contributed by atoms with Crippen LogP contribution in [0.5, 0.6) is 0 Å². The summed E-state index contributed by atoms with van der Waals surface area (Å²) in [6, 6.07) is 0. The van der Waals surface area contributed by atoms with Crippen LogP contribution in [-0.2, 0) is 11.1 Å². The SMILES string of the molecule is CC(C)(Cl)S(=O)[O-]. The van der Waals surface area contributed by atoms with E-state index in [1.54, 1.807) is 0 Å². The zero-order valence-corrected chi connectivity index (χ0v) is 5.68. The lowest BCUT2D eigenvalue weighted by molar-refractivity contribution is 0.522. The Bertz CT molecular complexity index is 85.4. The summed E-state index contributed by atoms with van der Waals surface area (Å²) in [6.07, 6.45) is 0. The van der Waals surface area contributed by atoms with Crippen LogP contribution in [-0.4, -0.2) is 13.0 Å². The Kier molecular flexibility index (Phi) is 2.23. The molecule has 0 aliphatic carbocycles. The van der Waals surface area contributed by atoms with Crippen molar-refractivity contribution in [1.29, 1.82) is 0 Å². The summed E-state index contributed by atoms with van der Waals surface area (Å²) >= 11 is 3.09. The maximum absolute atomic E-state index is 9.89. The van der Waals surface area contributed by atoms with Crippen LogP contribution >= 0.6 is 11.6 Å². The van der Waals surface area contributed by atoms with Gasteiger partial charge >= 0.3 is 0 Å². The van der Waals surface area contributed by atoms with E-state index in [9.17, 15) is 8.76 Å². The van der Waals surface area contributed by atoms with Crippen LogP contribution in [0, 0.1) is 0 Å². The van der Waals surface area contributed by atoms with Gasteiger partial charge in [-0.25, -0.2) is 0 Å². The van der Waals surface area contributed by atoms with Crippen LogP contribution in [0.4, 0.5) is 0 Å². The molecule has 0 bridgehead atoms. The molecule has 0 aromatic rings. The van der Waals surface area contributed by atoms with Crippen molar-refractivity contribution in [2.24, 2.45) is 0 Å². The fourth-order valence-electron chi connectivity index (χ4n) is 0. The molecular formula is C3H6ClO2S-. The molecule has 2 nitrogen and oxygen atoms in total. The molecule has 0 aliphatic rings. The lowest BCUT2D eigenvalue weighted by Gasteiger charge is -2.17. The van der Waals surface area contributed by atoms with Crippen LogP contribution in [0.2, 0.25) is 0 Å². The first-order valence-electron chi connectivity index (χ1n) is 1.73. The van der Waals surface area contributed by atoms with E-state index in [0.717, 1.165) is 0 Å². The number of hydrogen-bond acceptors (Lipinski definition) is 2. The molecule has 0 aliphatic heterocycles. The van der Waals surface area contributed by atoms with Crippen molar-refractivity contribution < 1.29 is 8.76 Å². The molecule has 0 spiro atoms. The highest BCUT2D eigenvalue weighted by molar-refractivity contribution is 7.82. The molecule has 0 rings (SSSR count). The molecule has 4 heteroatoms. The van der Waals surface area contributed by atoms with E-state index in [0.29, 0.717) is 0 Å². The largest absolute Gasteiger partial charge is 0.771 e. The Hall–Kier alpha value is 0.400. The summed E-state index contributed by atoms with van der Waals surface area (Å²) in [6.45, 7) is 2.83. The van der Waals surface area contributed by atoms with Crippen molar-refractivity contribution in [2.45, 2.75) is 18.1 Å². The second-order valence-corrected chi connectivity index (χ2v) is 4.26. The zero-order valence-electron chi connectivity index (χ0n) is 4.10. The molecule has 0 fully saturated rings. The number of alkyl halides is 1. The summed E-state index contributed by atoms with van der Waals surface area (Å²) in [7, 11) is 0. The predicted octanol–water partition coefficient (Wildman–Crippen LogP) is 0.840. The van der Waals surface area contributed by atoms with E-state index in [1.807, 2.05) is 0 Å². The van der Waals surface area contributed by atoms with Crippen molar-refractivity contribution in [3.05, 3.63) is 0 Å². The zero-order chi connectivity index (χ0) is 6.08. The molecule has 0 saturated carbocycles. The average Bonchev–Trinajstić information content (AvgIpc) is 1.31. The predicted molar refractivity (Wildman–Crippen MR) is 28.9 cm³/mol. The highest BCUT2D eigenvalue weighted by Crippen LogP contribution is 2.14. The third-order valence-electron chi connectivity index (χ3n) is 0.396. The molecule has 0 saturated heterocycles. The first-order valence-corrected chi connectivity index (χ1v) is 3.18. The molecule has 0 aromatic heterocycles. The van der Waals surface area contributed by atoms with E-state index in [-0.39, 0.29) is 0 Å². The Morgan fingerprint density at radius 1 is 1.71 bits per heavy atom. The Morgan fingerprint density at radius 3 is 1.86 bits per heavy atom. The molecule has 0 amide bonds. The topological polar surface area (TPSA) is 40.1 Å². The van der Waals surface area contributed by atoms with Crippen molar-refractivity contribution in [1.82, 2.24) is 0 Å². The van der Waals surface area contributed by atoms with Crippen LogP contribution < -0.4 is 0 Å². The highest BCUT2D eigenvalue weighted by Gasteiger charge is 2.11. The van der Waals surface area contributed by atoms with Gasteiger partial charge in [-0.2, -0.15) is 0 Å². The maximum atomic E-state index is 9.89. The molecule has 1 unspecified atom stereocenters. The molecule has 1 atom stereocenters. The van der Waals surface area contributed by atoms with Gasteiger partial charge in [0.1, 0.15) is 4.21 Å². The minimum atomic E-state index is -2.17. The first-order chi connectivity index (χ1) is 2.94. The van der Waals surface area contributed by atoms with Crippen molar-refractivity contribution in [2.75, 3.05) is 0 Å². The summed E-state index contributed by atoms with van der Waals surface area (Å²) < 4.78 is 18.7. The van der Waals surface area contributed by atoms with E-state index >= 15 is 0 Å². The van der Waals surface area contributed by atoms with Gasteiger partial charge in [0.05, 0.1) is 0 Å². The molecular weight excluding hydrogens is 136 g/mol. The van der Waals surface area contributed by atoms with Crippen molar-refractivity contribution in [3.63, 3.8) is 0 Å². The minimum Gasteiger partial charge on any atom is -0.771 e. The van der Waals surface area contributed by atoms with E-state index in [2.05, 4.69) is 0 Å². The molecule has 0 radical (unpaired) electrons. The van der Waals surface area contributed by atoms with Gasteiger partial charge in [0, 0.05) is 0 Å². The third kappa shape index (κ3) is 3.02. The van der Waals surface area contributed by atoms with Gasteiger partial charge in [0.15, 0.2) is 0 Å². The van der Waals surface area contributed by atoms with Gasteiger partial charge in [-0.3, -0.25) is 4.21 Å². The number of hydrogen-bond donors (Lipinski definition) is 0. The second-order valence-electron chi connectivity index (χ2n) is 1.60. The van der Waals surface area contributed by atoms with Crippen LogP contribution in [0.25, 0.3) is 0 Å². The monoisotopic (exact) mass is 141 g/mol. The standard InChI is InChI=1S/C3H7ClO2S/c1-3(2,4)7(5)6/h1-2H3,(H,5,6)/p-1. The van der Waals surface area contributed by atoms with Gasteiger partial charge in [-0.15, -0.1) is 11.6 Å². The summed E-state index contributed by atoms with van der Waals surface area (Å²) in [4.78, 5) is 0. The molecule has 0 heterocycles. The number of halogens is 1. The van der Waals surface area contributed by atoms with E-state index in [1.165, 1.54) is 13.8 Å². The quantitative estimate of drug-likeness (QED) is 0.401. The van der Waals surface area contributed by atoms with Crippen molar-refractivity contribution >= 4 is 22.7 Å². The Balaban J connectivity index is 3.79. The van der Waals surface area contributed by atoms with Gasteiger partial charge in [0.2, 0.25) is 0 Å². The summed E-state index contributed by atoms with van der Waals surface area (Å²) in [5.41, 5.74) is 0. The molecule has 7 heavy (non-hydrogen) atoms. The van der Waals surface area contributed by atoms with Crippen LogP contribution in [0.15, 0.2) is 0 Å². The van der Waals surface area contributed by atoms with E-state index < -0.39 is 15.3 Å². The second kappa shape index (κ2) is 2.11. The van der Waals surface area contributed by atoms with Crippen LogP contribution in [0.1, 0.15) is 13.8 Å². The first kappa shape index (κ1) is 7.40. The molecule has 0 aromatic carbocycles. The van der Waals surface area contributed by atoms with E-state index in [4.69, 9.17) is 11.6 Å².